The van der Waals surface area contributed by atoms with E-state index in [2.05, 4.69) is 4.74 Å². The Morgan fingerprint density at radius 2 is 1.96 bits per heavy atom. The average molecular weight is 327 g/mol. The standard InChI is InChI=1S/C18H17NO5/c1-11-9-15(21)16(17(22)19(11)2)14(20)8-7-12-5-4-6-13(10-12)18(23)24-3/h4-10,21H,1-3H3. The number of methoxy groups -OCH3 is 1. The Morgan fingerprint density at radius 3 is 2.62 bits per heavy atom. The molecule has 0 aliphatic rings. The van der Waals surface area contributed by atoms with Crippen molar-refractivity contribution in [3.63, 3.8) is 0 Å². The van der Waals surface area contributed by atoms with E-state index in [4.69, 9.17) is 0 Å². The van der Waals surface area contributed by atoms with Crippen molar-refractivity contribution in [3.8, 4) is 5.75 Å². The minimum atomic E-state index is -0.614. The summed E-state index contributed by atoms with van der Waals surface area (Å²) < 4.78 is 5.93. The molecule has 1 heterocycles. The van der Waals surface area contributed by atoms with E-state index in [9.17, 15) is 19.5 Å². The Bertz CT molecular complexity index is 893. The maximum absolute atomic E-state index is 12.2. The highest BCUT2D eigenvalue weighted by atomic mass is 16.5. The minimum absolute atomic E-state index is 0.288. The van der Waals surface area contributed by atoms with Gasteiger partial charge in [-0.15, -0.1) is 0 Å². The van der Waals surface area contributed by atoms with Gasteiger partial charge in [-0.1, -0.05) is 18.2 Å². The molecule has 24 heavy (non-hydrogen) atoms. The molecular weight excluding hydrogens is 310 g/mol. The number of benzene rings is 1. The number of hydrogen-bond donors (Lipinski definition) is 1. The van der Waals surface area contributed by atoms with Crippen molar-refractivity contribution in [1.82, 2.24) is 4.57 Å². The molecule has 0 fully saturated rings. The van der Waals surface area contributed by atoms with E-state index in [-0.39, 0.29) is 11.3 Å². The molecule has 2 rings (SSSR count). The summed E-state index contributed by atoms with van der Waals surface area (Å²) >= 11 is 0. The third-order valence-corrected chi connectivity index (χ3v) is 3.63. The van der Waals surface area contributed by atoms with Gasteiger partial charge < -0.3 is 14.4 Å². The molecule has 0 atom stereocenters. The number of pyridine rings is 1. The molecule has 2 aromatic rings. The van der Waals surface area contributed by atoms with Gasteiger partial charge in [0.25, 0.3) is 5.56 Å². The van der Waals surface area contributed by atoms with Gasteiger partial charge in [0, 0.05) is 18.8 Å². The van der Waals surface area contributed by atoms with E-state index in [0.717, 1.165) is 0 Å². The molecular formula is C18H17NO5. The van der Waals surface area contributed by atoms with Crippen LogP contribution in [0.4, 0.5) is 0 Å². The first-order chi connectivity index (χ1) is 11.3. The van der Waals surface area contributed by atoms with Crippen LogP contribution in [0.15, 0.2) is 41.2 Å². The van der Waals surface area contributed by atoms with Gasteiger partial charge in [-0.05, 0) is 30.7 Å². The predicted octanol–water partition coefficient (Wildman–Crippen LogP) is 2.08. The Labute approximate surface area is 138 Å². The van der Waals surface area contributed by atoms with Crippen molar-refractivity contribution < 1.29 is 19.4 Å². The molecule has 124 valence electrons. The number of carbonyl (C=O) groups excluding carboxylic acids is 2. The molecule has 0 unspecified atom stereocenters. The van der Waals surface area contributed by atoms with Crippen LogP contribution < -0.4 is 5.56 Å². The van der Waals surface area contributed by atoms with Crippen molar-refractivity contribution in [2.24, 2.45) is 7.05 Å². The lowest BCUT2D eigenvalue weighted by atomic mass is 10.1. The number of aromatic hydroxyl groups is 1. The van der Waals surface area contributed by atoms with Gasteiger partial charge in [-0.2, -0.15) is 0 Å². The van der Waals surface area contributed by atoms with Gasteiger partial charge in [0.15, 0.2) is 5.78 Å². The molecule has 1 aromatic carbocycles. The highest BCUT2D eigenvalue weighted by Crippen LogP contribution is 2.16. The van der Waals surface area contributed by atoms with Crippen LogP contribution in [-0.2, 0) is 11.8 Å². The summed E-state index contributed by atoms with van der Waals surface area (Å²) in [7, 11) is 2.81. The third kappa shape index (κ3) is 3.43. The van der Waals surface area contributed by atoms with Crippen molar-refractivity contribution in [2.45, 2.75) is 6.92 Å². The fourth-order valence-electron chi connectivity index (χ4n) is 2.18. The van der Waals surface area contributed by atoms with Gasteiger partial charge in [0.1, 0.15) is 11.3 Å². The number of rotatable bonds is 4. The van der Waals surface area contributed by atoms with E-state index in [1.165, 1.54) is 36.9 Å². The topological polar surface area (TPSA) is 85.6 Å². The zero-order chi connectivity index (χ0) is 17.9. The molecule has 6 heteroatoms. The number of nitrogens with zero attached hydrogens (tertiary/aromatic N) is 1. The van der Waals surface area contributed by atoms with E-state index in [1.807, 2.05) is 0 Å². The molecule has 1 N–H and O–H groups in total. The summed E-state index contributed by atoms with van der Waals surface area (Å²) in [6, 6.07) is 7.86. The molecule has 0 aliphatic carbocycles. The van der Waals surface area contributed by atoms with E-state index >= 15 is 0 Å². The molecule has 0 saturated heterocycles. The van der Waals surface area contributed by atoms with E-state index in [1.54, 1.807) is 31.2 Å². The first-order valence-corrected chi connectivity index (χ1v) is 7.15. The normalized spacial score (nSPS) is 10.8. The number of allylic oxidation sites excluding steroid dienone is 1. The van der Waals surface area contributed by atoms with Crippen LogP contribution in [0.2, 0.25) is 0 Å². The number of ether oxygens (including phenoxy) is 1. The Kier molecular flexibility index (Phi) is 4.99. The van der Waals surface area contributed by atoms with Crippen molar-refractivity contribution in [3.05, 3.63) is 69.1 Å². The van der Waals surface area contributed by atoms with Gasteiger partial charge in [-0.3, -0.25) is 9.59 Å². The number of aromatic nitrogens is 1. The lowest BCUT2D eigenvalue weighted by Gasteiger charge is -2.07. The first-order valence-electron chi connectivity index (χ1n) is 7.15. The van der Waals surface area contributed by atoms with Crippen LogP contribution in [0.1, 0.15) is 32.0 Å². The lowest BCUT2D eigenvalue weighted by Crippen LogP contribution is -2.25. The van der Waals surface area contributed by atoms with Crippen LogP contribution in [0.25, 0.3) is 6.08 Å². The highest BCUT2D eigenvalue weighted by Gasteiger charge is 2.16. The summed E-state index contributed by atoms with van der Waals surface area (Å²) in [5, 5.41) is 9.88. The van der Waals surface area contributed by atoms with Gasteiger partial charge in [0.2, 0.25) is 0 Å². The molecule has 0 aliphatic heterocycles. The maximum Gasteiger partial charge on any atom is 0.337 e. The average Bonchev–Trinajstić information content (AvgIpc) is 2.57. The number of hydrogen-bond acceptors (Lipinski definition) is 5. The molecule has 0 bridgehead atoms. The molecule has 0 radical (unpaired) electrons. The third-order valence-electron chi connectivity index (χ3n) is 3.63. The molecule has 0 saturated carbocycles. The molecule has 6 nitrogen and oxygen atoms in total. The Hall–Kier alpha value is -3.15. The fourth-order valence-corrected chi connectivity index (χ4v) is 2.18. The zero-order valence-electron chi connectivity index (χ0n) is 13.6. The summed E-state index contributed by atoms with van der Waals surface area (Å²) in [5.41, 5.74) is 0.633. The largest absolute Gasteiger partial charge is 0.507 e. The van der Waals surface area contributed by atoms with E-state index in [0.29, 0.717) is 16.8 Å². The minimum Gasteiger partial charge on any atom is -0.507 e. The number of carbonyl (C=O) groups is 2. The molecule has 0 amide bonds. The summed E-state index contributed by atoms with van der Waals surface area (Å²) in [6.45, 7) is 1.66. The zero-order valence-corrected chi connectivity index (χ0v) is 13.6. The van der Waals surface area contributed by atoms with Crippen LogP contribution in [0.3, 0.4) is 0 Å². The SMILES string of the molecule is COC(=O)c1cccc(C=CC(=O)c2c(O)cc(C)n(C)c2=O)c1. The van der Waals surface area contributed by atoms with Gasteiger partial charge >= 0.3 is 5.97 Å². The van der Waals surface area contributed by atoms with E-state index < -0.39 is 17.3 Å². The smallest absolute Gasteiger partial charge is 0.337 e. The van der Waals surface area contributed by atoms with Gasteiger partial charge in [-0.25, -0.2) is 4.79 Å². The van der Waals surface area contributed by atoms with Crippen molar-refractivity contribution in [2.75, 3.05) is 7.11 Å². The highest BCUT2D eigenvalue weighted by molar-refractivity contribution is 6.08. The summed E-state index contributed by atoms with van der Waals surface area (Å²) in [6.07, 6.45) is 2.65. The number of esters is 1. The molecule has 1 aromatic heterocycles. The maximum atomic E-state index is 12.2. The quantitative estimate of drug-likeness (QED) is 0.528. The molecule has 0 spiro atoms. The summed E-state index contributed by atoms with van der Waals surface area (Å²) in [4.78, 5) is 35.9. The fraction of sp³-hybridized carbons (Fsp3) is 0.167. The Balaban J connectivity index is 2.34. The van der Waals surface area contributed by atoms with Crippen LogP contribution in [-0.4, -0.2) is 28.5 Å². The van der Waals surface area contributed by atoms with Gasteiger partial charge in [0.05, 0.1) is 12.7 Å². The number of ketones is 1. The number of aryl methyl sites for hydroxylation is 1. The van der Waals surface area contributed by atoms with Crippen LogP contribution in [0, 0.1) is 6.92 Å². The van der Waals surface area contributed by atoms with Crippen LogP contribution >= 0.6 is 0 Å². The van der Waals surface area contributed by atoms with Crippen LogP contribution in [0.5, 0.6) is 5.75 Å². The second kappa shape index (κ2) is 6.95. The summed E-state index contributed by atoms with van der Waals surface area (Å²) in [5.74, 6) is -1.45. The van der Waals surface area contributed by atoms with Crippen molar-refractivity contribution >= 4 is 17.8 Å². The van der Waals surface area contributed by atoms with Crippen molar-refractivity contribution in [1.29, 1.82) is 0 Å². The lowest BCUT2D eigenvalue weighted by molar-refractivity contribution is 0.0600. The predicted molar refractivity (Wildman–Crippen MR) is 89.2 cm³/mol. The Morgan fingerprint density at radius 1 is 1.25 bits per heavy atom. The second-order valence-corrected chi connectivity index (χ2v) is 5.22. The second-order valence-electron chi connectivity index (χ2n) is 5.22. The first kappa shape index (κ1) is 17.2. The monoisotopic (exact) mass is 327 g/mol.